The number of hydrogen-bond donors (Lipinski definition) is 3. The first-order valence-corrected chi connectivity index (χ1v) is 10.0. The molecule has 0 radical (unpaired) electrons. The molecule has 2 rings (SSSR count). The number of hydrogen-bond acceptors (Lipinski definition) is 4. The molecule has 0 saturated carbocycles. The van der Waals surface area contributed by atoms with Gasteiger partial charge in [-0.3, -0.25) is 0 Å². The van der Waals surface area contributed by atoms with Crippen LogP contribution in [0.25, 0.3) is 0 Å². The Hall–Kier alpha value is -1.77. The Morgan fingerprint density at radius 2 is 1.82 bits per heavy atom. The Bertz CT molecular complexity index is 670. The van der Waals surface area contributed by atoms with E-state index in [0.717, 1.165) is 62.0 Å². The van der Waals surface area contributed by atoms with Gasteiger partial charge in [0.05, 0.1) is 5.69 Å². The Labute approximate surface area is 186 Å². The van der Waals surface area contributed by atoms with Gasteiger partial charge in [0.2, 0.25) is 0 Å². The molecule has 3 N–H and O–H groups in total. The molecule has 0 aliphatic carbocycles. The minimum absolute atomic E-state index is 0. The van der Waals surface area contributed by atoms with Crippen LogP contribution in [-0.2, 0) is 6.54 Å². The number of anilines is 1. The molecule has 0 unspecified atom stereocenters. The number of aromatic nitrogens is 1. The van der Waals surface area contributed by atoms with Gasteiger partial charge in [0, 0.05) is 37.3 Å². The molecule has 156 valence electrons. The van der Waals surface area contributed by atoms with Crippen LogP contribution in [0.1, 0.15) is 57.4 Å². The first-order chi connectivity index (χ1) is 13.3. The van der Waals surface area contributed by atoms with E-state index in [-0.39, 0.29) is 24.0 Å². The Balaban J connectivity index is 0.00000392. The number of rotatable bonds is 11. The van der Waals surface area contributed by atoms with Gasteiger partial charge in [-0.25, -0.2) is 4.99 Å². The smallest absolute Gasteiger partial charge is 0.191 e. The number of halogens is 1. The zero-order valence-corrected chi connectivity index (χ0v) is 19.5. The van der Waals surface area contributed by atoms with Crippen LogP contribution in [0.15, 0.2) is 45.9 Å². The van der Waals surface area contributed by atoms with Crippen LogP contribution in [-0.4, -0.2) is 30.8 Å². The van der Waals surface area contributed by atoms with E-state index in [9.17, 15) is 0 Å². The minimum atomic E-state index is 0. The SMILES string of the molecule is CCNC(=NCc1cc(C(CC)CC)no1)NCCCNc1ccccc1.I. The Kier molecular flexibility index (Phi) is 12.4. The lowest BCUT2D eigenvalue weighted by Crippen LogP contribution is -2.38. The number of para-hydroxylation sites is 1. The lowest BCUT2D eigenvalue weighted by molar-refractivity contribution is 0.372. The molecule has 7 heteroatoms. The molecule has 2 aromatic rings. The van der Waals surface area contributed by atoms with Gasteiger partial charge in [-0.2, -0.15) is 0 Å². The fourth-order valence-electron chi connectivity index (χ4n) is 2.89. The van der Waals surface area contributed by atoms with Gasteiger partial charge in [-0.15, -0.1) is 24.0 Å². The maximum absolute atomic E-state index is 5.45. The normalized spacial score (nSPS) is 11.2. The van der Waals surface area contributed by atoms with E-state index in [1.165, 1.54) is 0 Å². The van der Waals surface area contributed by atoms with Crippen molar-refractivity contribution in [2.24, 2.45) is 4.99 Å². The summed E-state index contributed by atoms with van der Waals surface area (Å²) in [5, 5.41) is 14.2. The van der Waals surface area contributed by atoms with Crippen LogP contribution in [0.3, 0.4) is 0 Å². The predicted octanol–water partition coefficient (Wildman–Crippen LogP) is 4.75. The molecule has 1 aromatic carbocycles. The fraction of sp³-hybridized carbons (Fsp3) is 0.524. The fourth-order valence-corrected chi connectivity index (χ4v) is 2.89. The van der Waals surface area contributed by atoms with E-state index in [2.05, 4.69) is 59.0 Å². The zero-order chi connectivity index (χ0) is 19.3. The molecule has 28 heavy (non-hydrogen) atoms. The number of benzene rings is 1. The average molecular weight is 499 g/mol. The minimum Gasteiger partial charge on any atom is -0.385 e. The summed E-state index contributed by atoms with van der Waals surface area (Å²) in [7, 11) is 0. The molecular formula is C21H34IN5O. The summed E-state index contributed by atoms with van der Waals surface area (Å²) < 4.78 is 5.45. The summed E-state index contributed by atoms with van der Waals surface area (Å²) in [5.74, 6) is 2.08. The molecule has 0 fully saturated rings. The summed E-state index contributed by atoms with van der Waals surface area (Å²) in [6.07, 6.45) is 3.15. The highest BCUT2D eigenvalue weighted by molar-refractivity contribution is 14.0. The second kappa shape index (κ2) is 14.3. The summed E-state index contributed by atoms with van der Waals surface area (Å²) >= 11 is 0. The van der Waals surface area contributed by atoms with Crippen molar-refractivity contribution in [1.29, 1.82) is 0 Å². The summed E-state index contributed by atoms with van der Waals surface area (Å²) in [5.41, 5.74) is 2.19. The quantitative estimate of drug-likeness (QED) is 0.180. The third-order valence-corrected chi connectivity index (χ3v) is 4.47. The number of guanidine groups is 1. The highest BCUT2D eigenvalue weighted by Crippen LogP contribution is 2.22. The van der Waals surface area contributed by atoms with Crippen molar-refractivity contribution >= 4 is 35.6 Å². The van der Waals surface area contributed by atoms with E-state index in [4.69, 9.17) is 4.52 Å². The maximum Gasteiger partial charge on any atom is 0.191 e. The molecule has 1 aromatic heterocycles. The van der Waals surface area contributed by atoms with Crippen LogP contribution in [0.2, 0.25) is 0 Å². The third-order valence-electron chi connectivity index (χ3n) is 4.47. The Morgan fingerprint density at radius 3 is 2.50 bits per heavy atom. The third kappa shape index (κ3) is 8.50. The average Bonchev–Trinajstić information content (AvgIpc) is 3.16. The summed E-state index contributed by atoms with van der Waals surface area (Å²) in [6, 6.07) is 12.3. The molecule has 0 saturated heterocycles. The first-order valence-electron chi connectivity index (χ1n) is 10.0. The second-order valence-electron chi connectivity index (χ2n) is 6.50. The maximum atomic E-state index is 5.45. The largest absolute Gasteiger partial charge is 0.385 e. The molecule has 0 atom stereocenters. The predicted molar refractivity (Wildman–Crippen MR) is 128 cm³/mol. The standard InChI is InChI=1S/C21H33N5O.HI/c1-4-17(5-2)20-15-19(27-26-20)16-25-21(22-6-3)24-14-10-13-23-18-11-8-7-9-12-18;/h7-9,11-12,15,17,23H,4-6,10,13-14,16H2,1-3H3,(H2,22,24,25);1H. The molecule has 0 aliphatic rings. The second-order valence-corrected chi connectivity index (χ2v) is 6.50. The molecule has 6 nitrogen and oxygen atoms in total. The van der Waals surface area contributed by atoms with Crippen LogP contribution in [0, 0.1) is 0 Å². The van der Waals surface area contributed by atoms with Gasteiger partial charge in [0.15, 0.2) is 11.7 Å². The van der Waals surface area contributed by atoms with Crippen LogP contribution in [0.4, 0.5) is 5.69 Å². The van der Waals surface area contributed by atoms with Crippen molar-refractivity contribution in [1.82, 2.24) is 15.8 Å². The van der Waals surface area contributed by atoms with Crippen molar-refractivity contribution < 1.29 is 4.52 Å². The molecule has 0 spiro atoms. The monoisotopic (exact) mass is 499 g/mol. The van der Waals surface area contributed by atoms with Gasteiger partial charge in [-0.05, 0) is 38.3 Å². The van der Waals surface area contributed by atoms with Gasteiger partial charge in [0.25, 0.3) is 0 Å². The van der Waals surface area contributed by atoms with Crippen molar-refractivity contribution in [3.05, 3.63) is 47.9 Å². The van der Waals surface area contributed by atoms with Crippen LogP contribution in [0.5, 0.6) is 0 Å². The van der Waals surface area contributed by atoms with E-state index in [0.29, 0.717) is 12.5 Å². The van der Waals surface area contributed by atoms with E-state index >= 15 is 0 Å². The highest BCUT2D eigenvalue weighted by Gasteiger charge is 2.12. The van der Waals surface area contributed by atoms with Gasteiger partial charge in [-0.1, -0.05) is 37.2 Å². The molecule has 0 aliphatic heterocycles. The van der Waals surface area contributed by atoms with Crippen molar-refractivity contribution in [2.45, 2.75) is 52.5 Å². The van der Waals surface area contributed by atoms with Gasteiger partial charge in [0.1, 0.15) is 6.54 Å². The van der Waals surface area contributed by atoms with Crippen LogP contribution >= 0.6 is 24.0 Å². The zero-order valence-electron chi connectivity index (χ0n) is 17.2. The van der Waals surface area contributed by atoms with Crippen LogP contribution < -0.4 is 16.0 Å². The number of nitrogens with zero attached hydrogens (tertiary/aromatic N) is 2. The lowest BCUT2D eigenvalue weighted by atomic mass is 9.99. The first kappa shape index (κ1) is 24.3. The van der Waals surface area contributed by atoms with Crippen molar-refractivity contribution in [2.75, 3.05) is 25.0 Å². The van der Waals surface area contributed by atoms with E-state index in [1.807, 2.05) is 24.3 Å². The number of nitrogens with one attached hydrogen (secondary N) is 3. The highest BCUT2D eigenvalue weighted by atomic mass is 127. The molecular weight excluding hydrogens is 465 g/mol. The van der Waals surface area contributed by atoms with Gasteiger partial charge >= 0.3 is 0 Å². The molecule has 1 heterocycles. The lowest BCUT2D eigenvalue weighted by Gasteiger charge is -2.11. The van der Waals surface area contributed by atoms with Crippen molar-refractivity contribution in [3.8, 4) is 0 Å². The van der Waals surface area contributed by atoms with E-state index in [1.54, 1.807) is 0 Å². The summed E-state index contributed by atoms with van der Waals surface area (Å²) in [4.78, 5) is 4.60. The number of aliphatic imine (C=N–C) groups is 1. The molecule has 0 bridgehead atoms. The van der Waals surface area contributed by atoms with Crippen molar-refractivity contribution in [3.63, 3.8) is 0 Å². The Morgan fingerprint density at radius 1 is 1.07 bits per heavy atom. The summed E-state index contributed by atoms with van der Waals surface area (Å²) in [6.45, 7) is 9.50. The molecule has 0 amide bonds. The van der Waals surface area contributed by atoms with Gasteiger partial charge < -0.3 is 20.5 Å². The van der Waals surface area contributed by atoms with E-state index < -0.39 is 0 Å². The topological polar surface area (TPSA) is 74.5 Å².